The lowest BCUT2D eigenvalue weighted by Crippen LogP contribution is -2.30. The van der Waals surface area contributed by atoms with Crippen molar-refractivity contribution in [2.24, 2.45) is 0 Å². The molecule has 0 saturated carbocycles. The van der Waals surface area contributed by atoms with Crippen LogP contribution in [0.4, 0.5) is 5.69 Å². The quantitative estimate of drug-likeness (QED) is 0.666. The molecule has 5 nitrogen and oxygen atoms in total. The zero-order valence-corrected chi connectivity index (χ0v) is 16.1. The summed E-state index contributed by atoms with van der Waals surface area (Å²) in [5.74, 6) is -0.341. The summed E-state index contributed by atoms with van der Waals surface area (Å²) >= 11 is 0. The third-order valence-corrected chi connectivity index (χ3v) is 6.71. The van der Waals surface area contributed by atoms with Crippen molar-refractivity contribution in [1.29, 1.82) is 0 Å². The van der Waals surface area contributed by atoms with Crippen LogP contribution in [0.5, 0.6) is 0 Å². The van der Waals surface area contributed by atoms with Gasteiger partial charge in [-0.3, -0.25) is 9.78 Å². The minimum absolute atomic E-state index is 0.0250. The second-order valence-electron chi connectivity index (χ2n) is 6.76. The van der Waals surface area contributed by atoms with Gasteiger partial charge in [-0.25, -0.2) is 8.42 Å². The first-order valence-electron chi connectivity index (χ1n) is 9.16. The molecule has 1 aliphatic rings. The van der Waals surface area contributed by atoms with E-state index in [1.165, 1.54) is 0 Å². The van der Waals surface area contributed by atoms with Gasteiger partial charge in [0.15, 0.2) is 9.84 Å². The fourth-order valence-corrected chi connectivity index (χ4v) is 4.74. The molecule has 0 unspecified atom stereocenters. The first-order valence-corrected chi connectivity index (χ1v) is 10.8. The van der Waals surface area contributed by atoms with Crippen LogP contribution in [0.25, 0.3) is 11.1 Å². The SMILES string of the molecule is O=C(CCS(=O)(=O)c1ccccc1)N1CCc2cc(-c3ccncc3)ccc21. The van der Waals surface area contributed by atoms with E-state index in [0.717, 1.165) is 28.8 Å². The Balaban J connectivity index is 1.48. The first-order chi connectivity index (χ1) is 13.5. The van der Waals surface area contributed by atoms with Crippen molar-refractivity contribution >= 4 is 21.4 Å². The average Bonchev–Trinajstić information content (AvgIpc) is 3.17. The maximum atomic E-state index is 12.7. The molecule has 2 aromatic carbocycles. The molecule has 2 heterocycles. The number of sulfone groups is 1. The van der Waals surface area contributed by atoms with E-state index in [1.807, 2.05) is 24.3 Å². The van der Waals surface area contributed by atoms with Crippen molar-refractivity contribution < 1.29 is 13.2 Å². The molecule has 0 radical (unpaired) electrons. The second-order valence-corrected chi connectivity index (χ2v) is 8.87. The van der Waals surface area contributed by atoms with Crippen molar-refractivity contribution in [2.75, 3.05) is 17.2 Å². The zero-order valence-electron chi connectivity index (χ0n) is 15.3. The molecular weight excluding hydrogens is 372 g/mol. The van der Waals surface area contributed by atoms with Gasteiger partial charge in [0.25, 0.3) is 0 Å². The van der Waals surface area contributed by atoms with E-state index in [2.05, 4.69) is 11.1 Å². The van der Waals surface area contributed by atoms with Gasteiger partial charge in [-0.2, -0.15) is 0 Å². The molecule has 0 saturated heterocycles. The van der Waals surface area contributed by atoms with Crippen molar-refractivity contribution in [3.8, 4) is 11.1 Å². The van der Waals surface area contributed by atoms with E-state index < -0.39 is 9.84 Å². The van der Waals surface area contributed by atoms with Gasteiger partial charge in [0, 0.05) is 31.0 Å². The highest BCUT2D eigenvalue weighted by Crippen LogP contribution is 2.32. The number of benzene rings is 2. The molecule has 142 valence electrons. The fraction of sp³-hybridized carbons (Fsp3) is 0.182. The molecule has 3 aromatic rings. The number of rotatable bonds is 5. The van der Waals surface area contributed by atoms with Gasteiger partial charge in [0.05, 0.1) is 10.6 Å². The normalized spacial score (nSPS) is 13.4. The zero-order chi connectivity index (χ0) is 19.6. The molecule has 0 spiro atoms. The topological polar surface area (TPSA) is 67.3 Å². The lowest BCUT2D eigenvalue weighted by atomic mass is 10.0. The number of carbonyl (C=O) groups excluding carboxylic acids is 1. The predicted molar refractivity (Wildman–Crippen MR) is 109 cm³/mol. The van der Waals surface area contributed by atoms with Crippen LogP contribution in [0, 0.1) is 0 Å². The molecule has 1 aromatic heterocycles. The standard InChI is InChI=1S/C22H20N2O3S/c25-22(11-15-28(26,27)20-4-2-1-3-5-20)24-14-10-19-16-18(6-7-21(19)24)17-8-12-23-13-9-17/h1-9,12-13,16H,10-11,14-15H2. The lowest BCUT2D eigenvalue weighted by molar-refractivity contribution is -0.118. The molecule has 0 bridgehead atoms. The van der Waals surface area contributed by atoms with Crippen LogP contribution in [0.1, 0.15) is 12.0 Å². The van der Waals surface area contributed by atoms with E-state index in [4.69, 9.17) is 0 Å². The van der Waals surface area contributed by atoms with Crippen molar-refractivity contribution in [3.05, 3.63) is 78.6 Å². The lowest BCUT2D eigenvalue weighted by Gasteiger charge is -2.17. The molecule has 6 heteroatoms. The number of aromatic nitrogens is 1. The Hall–Kier alpha value is -2.99. The molecule has 1 aliphatic heterocycles. The number of fused-ring (bicyclic) bond motifs is 1. The molecule has 4 rings (SSSR count). The summed E-state index contributed by atoms with van der Waals surface area (Å²) in [4.78, 5) is 18.7. The summed E-state index contributed by atoms with van der Waals surface area (Å²) in [5, 5.41) is 0. The minimum Gasteiger partial charge on any atom is -0.312 e. The number of hydrogen-bond acceptors (Lipinski definition) is 4. The number of nitrogens with zero attached hydrogens (tertiary/aromatic N) is 2. The van der Waals surface area contributed by atoms with Crippen LogP contribution in [0.3, 0.4) is 0 Å². The second kappa shape index (κ2) is 7.56. The molecule has 0 fully saturated rings. The third-order valence-electron chi connectivity index (χ3n) is 4.98. The van der Waals surface area contributed by atoms with Crippen molar-refractivity contribution in [2.45, 2.75) is 17.7 Å². The summed E-state index contributed by atoms with van der Waals surface area (Å²) in [7, 11) is -3.46. The van der Waals surface area contributed by atoms with E-state index in [1.54, 1.807) is 47.6 Å². The molecule has 0 atom stereocenters. The van der Waals surface area contributed by atoms with Crippen LogP contribution < -0.4 is 4.90 Å². The van der Waals surface area contributed by atoms with Gasteiger partial charge >= 0.3 is 0 Å². The van der Waals surface area contributed by atoms with Crippen LogP contribution in [-0.4, -0.2) is 31.6 Å². The van der Waals surface area contributed by atoms with Crippen LogP contribution >= 0.6 is 0 Å². The van der Waals surface area contributed by atoms with Crippen LogP contribution in [-0.2, 0) is 21.1 Å². The van der Waals surface area contributed by atoms with E-state index in [0.29, 0.717) is 6.54 Å². The summed E-state index contributed by atoms with van der Waals surface area (Å²) in [6, 6.07) is 18.2. The smallest absolute Gasteiger partial charge is 0.228 e. The molecular formula is C22H20N2O3S. The summed E-state index contributed by atoms with van der Waals surface area (Å²) in [6.45, 7) is 0.583. The largest absolute Gasteiger partial charge is 0.312 e. The maximum Gasteiger partial charge on any atom is 0.228 e. The van der Waals surface area contributed by atoms with Crippen molar-refractivity contribution in [1.82, 2.24) is 4.98 Å². The molecule has 28 heavy (non-hydrogen) atoms. The monoisotopic (exact) mass is 392 g/mol. The Morgan fingerprint density at radius 1 is 0.964 bits per heavy atom. The molecule has 0 N–H and O–H groups in total. The maximum absolute atomic E-state index is 12.7. The van der Waals surface area contributed by atoms with Crippen LogP contribution in [0.15, 0.2) is 78.0 Å². The summed E-state index contributed by atoms with van der Waals surface area (Å²) in [5.41, 5.74) is 4.15. The highest BCUT2D eigenvalue weighted by atomic mass is 32.2. The first kappa shape index (κ1) is 18.4. The van der Waals surface area contributed by atoms with Crippen LogP contribution in [0.2, 0.25) is 0 Å². The van der Waals surface area contributed by atoms with Gasteiger partial charge < -0.3 is 4.90 Å². The highest BCUT2D eigenvalue weighted by Gasteiger charge is 2.26. The number of pyridine rings is 1. The average molecular weight is 392 g/mol. The van der Waals surface area contributed by atoms with Gasteiger partial charge in [-0.05, 0) is 59.5 Å². The van der Waals surface area contributed by atoms with Gasteiger partial charge in [-0.1, -0.05) is 24.3 Å². The number of amides is 1. The van der Waals surface area contributed by atoms with E-state index in [-0.39, 0.29) is 23.0 Å². The van der Waals surface area contributed by atoms with Gasteiger partial charge in [-0.15, -0.1) is 0 Å². The molecule has 1 amide bonds. The molecule has 0 aliphatic carbocycles. The fourth-order valence-electron chi connectivity index (χ4n) is 3.49. The van der Waals surface area contributed by atoms with E-state index in [9.17, 15) is 13.2 Å². The third kappa shape index (κ3) is 3.68. The van der Waals surface area contributed by atoms with Gasteiger partial charge in [0.1, 0.15) is 0 Å². The summed E-state index contributed by atoms with van der Waals surface area (Å²) < 4.78 is 24.8. The Kier molecular flexibility index (Phi) is 4.96. The highest BCUT2D eigenvalue weighted by molar-refractivity contribution is 7.91. The number of anilines is 1. The van der Waals surface area contributed by atoms with E-state index >= 15 is 0 Å². The van der Waals surface area contributed by atoms with Crippen molar-refractivity contribution in [3.63, 3.8) is 0 Å². The minimum atomic E-state index is -3.46. The number of hydrogen-bond donors (Lipinski definition) is 0. The number of carbonyl (C=O) groups is 1. The Morgan fingerprint density at radius 3 is 2.46 bits per heavy atom. The summed E-state index contributed by atoms with van der Waals surface area (Å²) in [6.07, 6.45) is 4.26. The Labute approximate surface area is 164 Å². The Morgan fingerprint density at radius 2 is 1.71 bits per heavy atom. The predicted octanol–water partition coefficient (Wildman–Crippen LogP) is 3.50. The Bertz CT molecular complexity index is 1100. The van der Waals surface area contributed by atoms with Gasteiger partial charge in [0.2, 0.25) is 5.91 Å².